The van der Waals surface area contributed by atoms with Crippen LogP contribution in [0.25, 0.3) is 0 Å². The molecule has 1 atom stereocenters. The van der Waals surface area contributed by atoms with E-state index in [1.54, 1.807) is 17.0 Å². The Bertz CT molecular complexity index is 344. The second-order valence-electron chi connectivity index (χ2n) is 4.20. The molecule has 1 N–H and O–H groups in total. The van der Waals surface area contributed by atoms with Crippen LogP contribution in [-0.4, -0.2) is 29.0 Å². The third-order valence-corrected chi connectivity index (χ3v) is 3.02. The zero-order valence-electron chi connectivity index (χ0n) is 9.30. The minimum atomic E-state index is -1.00. The number of hydrogen-bond donors (Lipinski definition) is 1. The number of aliphatic hydroxyl groups excluding tert-OH is 1. The smallest absolute Gasteiger partial charge is 0.256 e. The minimum Gasteiger partial charge on any atom is -0.378 e. The molecule has 1 aliphatic heterocycles. The number of carbonyl (C=O) groups excluding carboxylic acids is 1. The molecule has 86 valence electrons. The molecule has 0 spiro atoms. The number of rotatable bonds is 2. The first kappa shape index (κ1) is 11.1. The predicted molar refractivity (Wildman–Crippen MR) is 61.8 cm³/mol. The Balaban J connectivity index is 2.04. The zero-order chi connectivity index (χ0) is 11.4. The van der Waals surface area contributed by atoms with E-state index in [1.807, 2.05) is 18.2 Å². The van der Waals surface area contributed by atoms with E-state index in [-0.39, 0.29) is 5.91 Å². The van der Waals surface area contributed by atoms with Crippen molar-refractivity contribution in [3.8, 4) is 0 Å². The molecule has 0 aromatic heterocycles. The summed E-state index contributed by atoms with van der Waals surface area (Å²) in [5, 5.41) is 9.95. The van der Waals surface area contributed by atoms with Gasteiger partial charge in [-0.15, -0.1) is 0 Å². The van der Waals surface area contributed by atoms with Crippen molar-refractivity contribution in [3.63, 3.8) is 0 Å². The maximum absolute atomic E-state index is 12.0. The third kappa shape index (κ3) is 2.42. The molecule has 1 heterocycles. The Morgan fingerprint density at radius 3 is 2.38 bits per heavy atom. The molecule has 0 unspecified atom stereocenters. The molecule has 16 heavy (non-hydrogen) atoms. The van der Waals surface area contributed by atoms with Crippen molar-refractivity contribution < 1.29 is 9.90 Å². The molecule has 3 heteroatoms. The molecule has 0 radical (unpaired) electrons. The first-order valence-electron chi connectivity index (χ1n) is 5.81. The van der Waals surface area contributed by atoms with Crippen LogP contribution in [0.4, 0.5) is 0 Å². The number of piperidine rings is 1. The van der Waals surface area contributed by atoms with Crippen molar-refractivity contribution in [1.82, 2.24) is 4.90 Å². The Labute approximate surface area is 95.7 Å². The summed E-state index contributed by atoms with van der Waals surface area (Å²) >= 11 is 0. The van der Waals surface area contributed by atoms with Gasteiger partial charge < -0.3 is 10.0 Å². The largest absolute Gasteiger partial charge is 0.378 e. The zero-order valence-corrected chi connectivity index (χ0v) is 9.30. The molecule has 3 nitrogen and oxygen atoms in total. The van der Waals surface area contributed by atoms with Crippen LogP contribution in [-0.2, 0) is 4.79 Å². The molecule has 1 saturated heterocycles. The van der Waals surface area contributed by atoms with Gasteiger partial charge in [-0.1, -0.05) is 30.3 Å². The number of amides is 1. The summed E-state index contributed by atoms with van der Waals surface area (Å²) in [4.78, 5) is 13.7. The number of nitrogens with zero attached hydrogens (tertiary/aromatic N) is 1. The van der Waals surface area contributed by atoms with Gasteiger partial charge in [0.05, 0.1) is 0 Å². The Morgan fingerprint density at radius 2 is 1.75 bits per heavy atom. The topological polar surface area (TPSA) is 40.5 Å². The summed E-state index contributed by atoms with van der Waals surface area (Å²) in [6, 6.07) is 9.12. The van der Waals surface area contributed by atoms with Gasteiger partial charge in [0.25, 0.3) is 5.91 Å². The Kier molecular flexibility index (Phi) is 3.57. The highest BCUT2D eigenvalue weighted by atomic mass is 16.3. The lowest BCUT2D eigenvalue weighted by Gasteiger charge is -2.28. The number of aliphatic hydroxyl groups is 1. The first-order valence-corrected chi connectivity index (χ1v) is 5.81. The van der Waals surface area contributed by atoms with Crippen LogP contribution < -0.4 is 0 Å². The number of hydrogen-bond acceptors (Lipinski definition) is 2. The maximum Gasteiger partial charge on any atom is 0.256 e. The fourth-order valence-electron chi connectivity index (χ4n) is 2.07. The van der Waals surface area contributed by atoms with Crippen LogP contribution in [0.2, 0.25) is 0 Å². The summed E-state index contributed by atoms with van der Waals surface area (Å²) in [6.07, 6.45) is 2.28. The van der Waals surface area contributed by atoms with E-state index in [1.165, 1.54) is 6.42 Å². The van der Waals surface area contributed by atoms with E-state index in [4.69, 9.17) is 0 Å². The van der Waals surface area contributed by atoms with Gasteiger partial charge in [0.15, 0.2) is 6.10 Å². The maximum atomic E-state index is 12.0. The van der Waals surface area contributed by atoms with Gasteiger partial charge in [-0.2, -0.15) is 0 Å². The Hall–Kier alpha value is -1.35. The average molecular weight is 219 g/mol. The molecule has 2 rings (SSSR count). The molecule has 1 aliphatic rings. The first-order chi connectivity index (χ1) is 7.79. The summed E-state index contributed by atoms with van der Waals surface area (Å²) < 4.78 is 0. The Morgan fingerprint density at radius 1 is 1.12 bits per heavy atom. The highest BCUT2D eigenvalue weighted by molar-refractivity contribution is 5.82. The molecule has 0 bridgehead atoms. The summed E-state index contributed by atoms with van der Waals surface area (Å²) in [7, 11) is 0. The summed E-state index contributed by atoms with van der Waals surface area (Å²) in [5.41, 5.74) is 0.679. The fraction of sp³-hybridized carbons (Fsp3) is 0.462. The normalized spacial score (nSPS) is 18.2. The standard InChI is InChI=1S/C13H17NO2/c15-12(11-7-3-1-4-8-11)13(16)14-9-5-2-6-10-14/h1,3-4,7-8,12,15H,2,5-6,9-10H2/t12-/m0/s1. The molecule has 1 amide bonds. The van der Waals surface area contributed by atoms with E-state index >= 15 is 0 Å². The van der Waals surface area contributed by atoms with Crippen molar-refractivity contribution in [2.24, 2.45) is 0 Å². The highest BCUT2D eigenvalue weighted by Crippen LogP contribution is 2.18. The minimum absolute atomic E-state index is 0.161. The number of likely N-dealkylation sites (tertiary alicyclic amines) is 1. The quantitative estimate of drug-likeness (QED) is 0.823. The van der Waals surface area contributed by atoms with E-state index in [9.17, 15) is 9.90 Å². The molecule has 1 aromatic rings. The van der Waals surface area contributed by atoms with E-state index in [0.29, 0.717) is 5.56 Å². The lowest BCUT2D eigenvalue weighted by Crippen LogP contribution is -2.38. The van der Waals surface area contributed by atoms with Gasteiger partial charge >= 0.3 is 0 Å². The molecule has 0 saturated carbocycles. The van der Waals surface area contributed by atoms with E-state index < -0.39 is 6.10 Å². The molecular weight excluding hydrogens is 202 g/mol. The highest BCUT2D eigenvalue weighted by Gasteiger charge is 2.24. The lowest BCUT2D eigenvalue weighted by molar-refractivity contribution is -0.141. The van der Waals surface area contributed by atoms with Crippen LogP contribution in [0.1, 0.15) is 30.9 Å². The van der Waals surface area contributed by atoms with Crippen LogP contribution in [0.5, 0.6) is 0 Å². The van der Waals surface area contributed by atoms with Gasteiger partial charge in [-0.05, 0) is 24.8 Å². The molecular formula is C13H17NO2. The summed E-state index contributed by atoms with van der Waals surface area (Å²) in [5.74, 6) is -0.161. The average Bonchev–Trinajstić information content (AvgIpc) is 2.39. The van der Waals surface area contributed by atoms with E-state index in [0.717, 1.165) is 25.9 Å². The monoisotopic (exact) mass is 219 g/mol. The van der Waals surface area contributed by atoms with Crippen molar-refractivity contribution >= 4 is 5.91 Å². The number of benzene rings is 1. The van der Waals surface area contributed by atoms with Crippen LogP contribution in [0.3, 0.4) is 0 Å². The van der Waals surface area contributed by atoms with E-state index in [2.05, 4.69) is 0 Å². The van der Waals surface area contributed by atoms with Gasteiger partial charge in [-0.3, -0.25) is 4.79 Å². The van der Waals surface area contributed by atoms with Gasteiger partial charge in [0, 0.05) is 13.1 Å². The number of carbonyl (C=O) groups is 1. The lowest BCUT2D eigenvalue weighted by atomic mass is 10.1. The molecule has 1 aromatic carbocycles. The second-order valence-corrected chi connectivity index (χ2v) is 4.20. The van der Waals surface area contributed by atoms with Gasteiger partial charge in [0.2, 0.25) is 0 Å². The van der Waals surface area contributed by atoms with Crippen LogP contribution in [0, 0.1) is 0 Å². The van der Waals surface area contributed by atoms with Crippen LogP contribution in [0.15, 0.2) is 30.3 Å². The van der Waals surface area contributed by atoms with Crippen molar-refractivity contribution in [2.75, 3.05) is 13.1 Å². The predicted octanol–water partition coefficient (Wildman–Crippen LogP) is 1.73. The van der Waals surface area contributed by atoms with Gasteiger partial charge in [0.1, 0.15) is 0 Å². The van der Waals surface area contributed by atoms with Crippen molar-refractivity contribution in [1.29, 1.82) is 0 Å². The molecule has 1 fully saturated rings. The van der Waals surface area contributed by atoms with Gasteiger partial charge in [-0.25, -0.2) is 0 Å². The third-order valence-electron chi connectivity index (χ3n) is 3.02. The SMILES string of the molecule is O=C([C@@H](O)c1ccccc1)N1CCCCC1. The summed E-state index contributed by atoms with van der Waals surface area (Å²) in [6.45, 7) is 1.56. The molecule has 0 aliphatic carbocycles. The van der Waals surface area contributed by atoms with Crippen molar-refractivity contribution in [2.45, 2.75) is 25.4 Å². The van der Waals surface area contributed by atoms with Crippen molar-refractivity contribution in [3.05, 3.63) is 35.9 Å². The fourth-order valence-corrected chi connectivity index (χ4v) is 2.07. The van der Waals surface area contributed by atoms with Crippen LogP contribution >= 0.6 is 0 Å². The second kappa shape index (κ2) is 5.12.